The van der Waals surface area contributed by atoms with E-state index in [0.717, 1.165) is 29.9 Å². The molecule has 6 nitrogen and oxygen atoms in total. The summed E-state index contributed by atoms with van der Waals surface area (Å²) in [7, 11) is 1.60. The van der Waals surface area contributed by atoms with Gasteiger partial charge in [-0.15, -0.1) is 0 Å². The first kappa shape index (κ1) is 14.7. The number of aromatic amines is 1. The summed E-state index contributed by atoms with van der Waals surface area (Å²) in [6.45, 7) is 2.61. The van der Waals surface area contributed by atoms with Gasteiger partial charge in [0, 0.05) is 36.8 Å². The van der Waals surface area contributed by atoms with Gasteiger partial charge in [0.1, 0.15) is 5.82 Å². The second-order valence-electron chi connectivity index (χ2n) is 5.63. The first-order valence-electron chi connectivity index (χ1n) is 7.49. The fourth-order valence-electron chi connectivity index (χ4n) is 2.35. The number of hydrogen-bond acceptors (Lipinski definition) is 5. The summed E-state index contributed by atoms with van der Waals surface area (Å²) in [5, 5.41) is 3.38. The van der Waals surface area contributed by atoms with E-state index in [0.29, 0.717) is 18.3 Å². The highest BCUT2D eigenvalue weighted by Crippen LogP contribution is 2.37. The molecule has 0 aromatic carbocycles. The largest absolute Gasteiger partial charge is 0.481 e. The minimum atomic E-state index is -0.0769. The number of aromatic nitrogens is 3. The second kappa shape index (κ2) is 6.27. The number of methoxy groups -OCH3 is 1. The molecular formula is C16H20N4O2. The van der Waals surface area contributed by atoms with Crippen LogP contribution in [0.1, 0.15) is 48.8 Å². The molecule has 6 heteroatoms. The van der Waals surface area contributed by atoms with Crippen LogP contribution in [-0.2, 0) is 6.54 Å². The molecule has 2 heterocycles. The van der Waals surface area contributed by atoms with E-state index in [-0.39, 0.29) is 11.6 Å². The molecule has 0 spiro atoms. The van der Waals surface area contributed by atoms with Crippen LogP contribution in [0.5, 0.6) is 5.88 Å². The Bertz CT molecular complexity index is 709. The Morgan fingerprint density at radius 1 is 1.45 bits per heavy atom. The van der Waals surface area contributed by atoms with Gasteiger partial charge in [0.15, 0.2) is 0 Å². The van der Waals surface area contributed by atoms with Gasteiger partial charge in [-0.3, -0.25) is 4.79 Å². The summed E-state index contributed by atoms with van der Waals surface area (Å²) in [5.41, 5.74) is 1.78. The number of pyridine rings is 1. The van der Waals surface area contributed by atoms with Gasteiger partial charge in [-0.05, 0) is 31.4 Å². The molecule has 1 saturated carbocycles. The summed E-state index contributed by atoms with van der Waals surface area (Å²) >= 11 is 0. The monoisotopic (exact) mass is 300 g/mol. The fourth-order valence-corrected chi connectivity index (χ4v) is 2.35. The number of ether oxygens (including phenoxy) is 1. The Balaban J connectivity index is 1.67. The van der Waals surface area contributed by atoms with Gasteiger partial charge in [0.2, 0.25) is 5.88 Å². The number of H-pyrrole nitrogens is 1. The number of nitrogens with one attached hydrogen (secondary N) is 2. The van der Waals surface area contributed by atoms with Gasteiger partial charge >= 0.3 is 0 Å². The van der Waals surface area contributed by atoms with Crippen molar-refractivity contribution in [3.63, 3.8) is 0 Å². The Labute approximate surface area is 129 Å². The van der Waals surface area contributed by atoms with Crippen molar-refractivity contribution in [2.45, 2.75) is 38.3 Å². The molecule has 116 valence electrons. The van der Waals surface area contributed by atoms with Crippen LogP contribution in [0.25, 0.3) is 0 Å². The average Bonchev–Trinajstić information content (AvgIpc) is 3.37. The van der Waals surface area contributed by atoms with Crippen LogP contribution in [0.3, 0.4) is 0 Å². The van der Waals surface area contributed by atoms with Crippen LogP contribution < -0.4 is 15.6 Å². The minimum absolute atomic E-state index is 0.0769. The Morgan fingerprint density at radius 3 is 3.00 bits per heavy atom. The van der Waals surface area contributed by atoms with Crippen molar-refractivity contribution < 1.29 is 4.74 Å². The zero-order valence-corrected chi connectivity index (χ0v) is 12.8. The molecule has 1 aliphatic rings. The lowest BCUT2D eigenvalue weighted by atomic mass is 10.1. The van der Waals surface area contributed by atoms with Crippen LogP contribution in [0.4, 0.5) is 0 Å². The maximum absolute atomic E-state index is 11.7. The lowest BCUT2D eigenvalue weighted by Crippen LogP contribution is -2.21. The third-order valence-corrected chi connectivity index (χ3v) is 3.83. The van der Waals surface area contributed by atoms with Crippen molar-refractivity contribution in [3.8, 4) is 5.88 Å². The summed E-state index contributed by atoms with van der Waals surface area (Å²) in [6.07, 6.45) is 3.96. The molecule has 1 unspecified atom stereocenters. The molecule has 2 aromatic rings. The minimum Gasteiger partial charge on any atom is -0.481 e. The van der Waals surface area contributed by atoms with E-state index < -0.39 is 0 Å². The molecule has 0 aliphatic heterocycles. The first-order valence-corrected chi connectivity index (χ1v) is 7.49. The predicted octanol–water partition coefficient (Wildman–Crippen LogP) is 1.90. The van der Waals surface area contributed by atoms with Crippen LogP contribution in [0.15, 0.2) is 29.2 Å². The van der Waals surface area contributed by atoms with Gasteiger partial charge < -0.3 is 15.0 Å². The van der Waals surface area contributed by atoms with Crippen molar-refractivity contribution in [2.24, 2.45) is 0 Å². The van der Waals surface area contributed by atoms with Crippen LogP contribution in [-0.4, -0.2) is 22.1 Å². The van der Waals surface area contributed by atoms with Crippen molar-refractivity contribution in [2.75, 3.05) is 7.11 Å². The van der Waals surface area contributed by atoms with E-state index >= 15 is 0 Å². The van der Waals surface area contributed by atoms with Crippen LogP contribution in [0, 0.1) is 0 Å². The van der Waals surface area contributed by atoms with E-state index in [1.165, 1.54) is 0 Å². The first-order chi connectivity index (χ1) is 10.7. The zero-order valence-electron chi connectivity index (χ0n) is 12.8. The van der Waals surface area contributed by atoms with Crippen LogP contribution in [0.2, 0.25) is 0 Å². The quantitative estimate of drug-likeness (QED) is 0.851. The molecule has 0 bridgehead atoms. The number of rotatable bonds is 6. The zero-order chi connectivity index (χ0) is 15.5. The third kappa shape index (κ3) is 3.51. The molecule has 0 saturated heterocycles. The van der Waals surface area contributed by atoms with E-state index in [4.69, 9.17) is 4.74 Å². The number of hydrogen-bond donors (Lipinski definition) is 2. The smallest absolute Gasteiger partial charge is 0.251 e. The molecule has 1 aliphatic carbocycles. The van der Waals surface area contributed by atoms with Gasteiger partial charge in [-0.1, -0.05) is 0 Å². The van der Waals surface area contributed by atoms with Crippen molar-refractivity contribution in [3.05, 3.63) is 51.8 Å². The number of nitrogens with zero attached hydrogens (tertiary/aromatic N) is 2. The molecule has 2 N–H and O–H groups in total. The van der Waals surface area contributed by atoms with Crippen LogP contribution >= 0.6 is 0 Å². The third-order valence-electron chi connectivity index (χ3n) is 3.83. The summed E-state index contributed by atoms with van der Waals surface area (Å²) in [6, 6.07) is 5.51. The molecule has 0 radical (unpaired) electrons. The van der Waals surface area contributed by atoms with E-state index in [1.54, 1.807) is 19.4 Å². The topological polar surface area (TPSA) is 79.9 Å². The van der Waals surface area contributed by atoms with Crippen molar-refractivity contribution in [1.29, 1.82) is 0 Å². The summed E-state index contributed by atoms with van der Waals surface area (Å²) < 4.78 is 5.14. The average molecular weight is 300 g/mol. The Morgan fingerprint density at radius 2 is 2.27 bits per heavy atom. The highest BCUT2D eigenvalue weighted by Gasteiger charge is 2.26. The Kier molecular flexibility index (Phi) is 4.20. The van der Waals surface area contributed by atoms with Gasteiger partial charge in [-0.2, -0.15) is 0 Å². The van der Waals surface area contributed by atoms with Gasteiger partial charge in [0.25, 0.3) is 5.56 Å². The van der Waals surface area contributed by atoms with E-state index in [1.807, 2.05) is 12.1 Å². The fraction of sp³-hybridized carbons (Fsp3) is 0.438. The molecule has 1 fully saturated rings. The maximum atomic E-state index is 11.7. The maximum Gasteiger partial charge on any atom is 0.251 e. The molecule has 0 amide bonds. The van der Waals surface area contributed by atoms with E-state index in [2.05, 4.69) is 27.2 Å². The van der Waals surface area contributed by atoms with E-state index in [9.17, 15) is 4.79 Å². The molecule has 1 atom stereocenters. The summed E-state index contributed by atoms with van der Waals surface area (Å²) in [5.74, 6) is 1.86. The molecule has 2 aromatic heterocycles. The van der Waals surface area contributed by atoms with Gasteiger partial charge in [0.05, 0.1) is 12.8 Å². The summed E-state index contributed by atoms with van der Waals surface area (Å²) in [4.78, 5) is 23.2. The second-order valence-corrected chi connectivity index (χ2v) is 5.63. The lowest BCUT2D eigenvalue weighted by molar-refractivity contribution is 0.396. The van der Waals surface area contributed by atoms with Gasteiger partial charge in [-0.25, -0.2) is 9.97 Å². The molecule has 3 rings (SSSR count). The SMILES string of the molecule is COc1cc(C(C)NCc2cc(=O)[nH]c(C3CC3)n2)ccn1. The molecule has 22 heavy (non-hydrogen) atoms. The molecular weight excluding hydrogens is 280 g/mol. The predicted molar refractivity (Wildman–Crippen MR) is 82.9 cm³/mol. The highest BCUT2D eigenvalue weighted by molar-refractivity contribution is 5.23. The Hall–Kier alpha value is -2.21. The standard InChI is InChI=1S/C16H20N4O2/c1-10(12-5-6-17-15(7-12)22-2)18-9-13-8-14(21)20-16(19-13)11-3-4-11/h5-8,10-11,18H,3-4,9H2,1-2H3,(H,19,20,21). The lowest BCUT2D eigenvalue weighted by Gasteiger charge is -2.14. The normalized spacial score (nSPS) is 15.5. The van der Waals surface area contributed by atoms with Crippen molar-refractivity contribution in [1.82, 2.24) is 20.3 Å². The highest BCUT2D eigenvalue weighted by atomic mass is 16.5. The van der Waals surface area contributed by atoms with Crippen molar-refractivity contribution >= 4 is 0 Å².